The van der Waals surface area contributed by atoms with Crippen molar-refractivity contribution in [3.05, 3.63) is 65.7 Å². The van der Waals surface area contributed by atoms with Crippen molar-refractivity contribution in [1.82, 2.24) is 10.2 Å². The van der Waals surface area contributed by atoms with E-state index >= 15 is 0 Å². The van der Waals surface area contributed by atoms with E-state index in [9.17, 15) is 13.6 Å². The van der Waals surface area contributed by atoms with E-state index in [1.165, 1.54) is 24.3 Å². The zero-order valence-corrected chi connectivity index (χ0v) is 14.8. The first kappa shape index (κ1) is 19.3. The Morgan fingerprint density at radius 3 is 2.37 bits per heavy atom. The Hall–Kier alpha value is -2.51. The van der Waals surface area contributed by atoms with E-state index in [-0.39, 0.29) is 17.7 Å². The third kappa shape index (κ3) is 5.74. The van der Waals surface area contributed by atoms with Crippen molar-refractivity contribution in [2.75, 3.05) is 32.8 Å². The fraction of sp³-hybridized carbons (Fsp3) is 0.350. The van der Waals surface area contributed by atoms with Crippen molar-refractivity contribution in [2.45, 2.75) is 12.7 Å². The Labute approximate surface area is 156 Å². The number of amides is 1. The summed E-state index contributed by atoms with van der Waals surface area (Å²) in [7, 11) is 0. The van der Waals surface area contributed by atoms with E-state index in [4.69, 9.17) is 4.74 Å². The van der Waals surface area contributed by atoms with Crippen LogP contribution in [0.4, 0.5) is 8.78 Å². The van der Waals surface area contributed by atoms with Crippen LogP contribution in [0.15, 0.2) is 54.6 Å². The SMILES string of the molecule is O=C(N[C@H](CN1CCOCC1)c1ccccc1)c1ccc(OC(F)F)cc1. The van der Waals surface area contributed by atoms with Crippen molar-refractivity contribution in [3.8, 4) is 5.75 Å². The molecule has 0 radical (unpaired) electrons. The van der Waals surface area contributed by atoms with E-state index in [0.717, 1.165) is 18.7 Å². The highest BCUT2D eigenvalue weighted by molar-refractivity contribution is 5.94. The number of nitrogens with zero attached hydrogens (tertiary/aromatic N) is 1. The normalized spacial score (nSPS) is 16.1. The maximum atomic E-state index is 12.7. The van der Waals surface area contributed by atoms with Crippen LogP contribution in [0.25, 0.3) is 0 Å². The van der Waals surface area contributed by atoms with Gasteiger partial charge in [0.25, 0.3) is 5.91 Å². The molecule has 0 spiro atoms. The van der Waals surface area contributed by atoms with E-state index in [1.807, 2.05) is 30.3 Å². The van der Waals surface area contributed by atoms with Crippen LogP contribution < -0.4 is 10.1 Å². The van der Waals surface area contributed by atoms with Crippen molar-refractivity contribution < 1.29 is 23.0 Å². The summed E-state index contributed by atoms with van der Waals surface area (Å²) in [6.07, 6.45) is 0. The average molecular weight is 376 g/mol. The molecule has 1 saturated heterocycles. The molecule has 1 aliphatic heterocycles. The standard InChI is InChI=1S/C20H22F2N2O3/c21-20(22)27-17-8-6-16(7-9-17)19(25)23-18(15-4-2-1-3-5-15)14-24-10-12-26-13-11-24/h1-9,18,20H,10-14H2,(H,23,25)/t18-/m1/s1. The van der Waals surface area contributed by atoms with Gasteiger partial charge in [-0.15, -0.1) is 0 Å². The molecule has 0 aliphatic carbocycles. The molecule has 0 saturated carbocycles. The zero-order valence-electron chi connectivity index (χ0n) is 14.8. The molecule has 1 fully saturated rings. The second-order valence-corrected chi connectivity index (χ2v) is 6.25. The zero-order chi connectivity index (χ0) is 19.1. The quantitative estimate of drug-likeness (QED) is 0.807. The first-order valence-electron chi connectivity index (χ1n) is 8.82. The summed E-state index contributed by atoms with van der Waals surface area (Å²) in [5.74, 6) is -0.241. The number of ether oxygens (including phenoxy) is 2. The first-order valence-corrected chi connectivity index (χ1v) is 8.82. The van der Waals surface area contributed by atoms with Gasteiger partial charge in [0.1, 0.15) is 5.75 Å². The predicted molar refractivity (Wildman–Crippen MR) is 97.0 cm³/mol. The van der Waals surface area contributed by atoms with Gasteiger partial charge in [0.2, 0.25) is 0 Å². The van der Waals surface area contributed by atoms with Crippen molar-refractivity contribution in [2.24, 2.45) is 0 Å². The molecule has 2 aromatic carbocycles. The maximum Gasteiger partial charge on any atom is 0.387 e. The third-order valence-corrected chi connectivity index (χ3v) is 4.39. The number of nitrogens with one attached hydrogen (secondary N) is 1. The first-order chi connectivity index (χ1) is 13.1. The van der Waals surface area contributed by atoms with Crippen LogP contribution in [-0.4, -0.2) is 50.3 Å². The van der Waals surface area contributed by atoms with Crippen LogP contribution in [0.5, 0.6) is 5.75 Å². The Morgan fingerprint density at radius 1 is 1.07 bits per heavy atom. The largest absolute Gasteiger partial charge is 0.435 e. The van der Waals surface area contributed by atoms with Crippen molar-refractivity contribution >= 4 is 5.91 Å². The average Bonchev–Trinajstić information content (AvgIpc) is 2.69. The summed E-state index contributed by atoms with van der Waals surface area (Å²) in [6.45, 7) is 0.784. The molecule has 27 heavy (non-hydrogen) atoms. The number of hydrogen-bond donors (Lipinski definition) is 1. The number of benzene rings is 2. The van der Waals surface area contributed by atoms with Gasteiger partial charge in [-0.25, -0.2) is 0 Å². The Balaban J connectivity index is 1.69. The molecule has 0 bridgehead atoms. The number of morpholine rings is 1. The van der Waals surface area contributed by atoms with Gasteiger partial charge in [-0.1, -0.05) is 30.3 Å². The molecular formula is C20H22F2N2O3. The number of halogens is 2. The minimum atomic E-state index is -2.89. The highest BCUT2D eigenvalue weighted by Crippen LogP contribution is 2.18. The summed E-state index contributed by atoms with van der Waals surface area (Å²) in [4.78, 5) is 14.9. The van der Waals surface area contributed by atoms with Gasteiger partial charge in [0.15, 0.2) is 0 Å². The molecular weight excluding hydrogens is 354 g/mol. The van der Waals surface area contributed by atoms with E-state index in [1.54, 1.807) is 0 Å². The third-order valence-electron chi connectivity index (χ3n) is 4.39. The molecule has 144 valence electrons. The maximum absolute atomic E-state index is 12.7. The minimum Gasteiger partial charge on any atom is -0.435 e. The lowest BCUT2D eigenvalue weighted by molar-refractivity contribution is -0.0498. The second-order valence-electron chi connectivity index (χ2n) is 6.25. The lowest BCUT2D eigenvalue weighted by Crippen LogP contribution is -2.43. The monoisotopic (exact) mass is 376 g/mol. The van der Waals surface area contributed by atoms with Gasteiger partial charge in [-0.05, 0) is 29.8 Å². The van der Waals surface area contributed by atoms with Crippen LogP contribution in [0.2, 0.25) is 0 Å². The van der Waals surface area contributed by atoms with Crippen LogP contribution in [-0.2, 0) is 4.74 Å². The molecule has 1 aliphatic rings. The van der Waals surface area contributed by atoms with E-state index in [0.29, 0.717) is 25.3 Å². The molecule has 5 nitrogen and oxygen atoms in total. The Kier molecular flexibility index (Phi) is 6.73. The van der Waals surface area contributed by atoms with Crippen molar-refractivity contribution in [3.63, 3.8) is 0 Å². The molecule has 1 N–H and O–H groups in total. The Bertz CT molecular complexity index is 720. The summed E-state index contributed by atoms with van der Waals surface area (Å²) in [5, 5.41) is 3.05. The summed E-state index contributed by atoms with van der Waals surface area (Å²) < 4.78 is 34.2. The van der Waals surface area contributed by atoms with Gasteiger partial charge in [0.05, 0.1) is 19.3 Å². The van der Waals surface area contributed by atoms with E-state index in [2.05, 4.69) is 15.0 Å². The fourth-order valence-electron chi connectivity index (χ4n) is 2.99. The van der Waals surface area contributed by atoms with Crippen LogP contribution in [0, 0.1) is 0 Å². The van der Waals surface area contributed by atoms with Gasteiger partial charge in [-0.2, -0.15) is 8.78 Å². The highest BCUT2D eigenvalue weighted by Gasteiger charge is 2.20. The summed E-state index contributed by atoms with van der Waals surface area (Å²) >= 11 is 0. The minimum absolute atomic E-state index is 0.0227. The molecule has 7 heteroatoms. The second kappa shape index (κ2) is 9.43. The molecule has 1 amide bonds. The summed E-state index contributed by atoms with van der Waals surface area (Å²) in [6, 6.07) is 15.2. The Morgan fingerprint density at radius 2 is 1.74 bits per heavy atom. The fourth-order valence-corrected chi connectivity index (χ4v) is 2.99. The van der Waals surface area contributed by atoms with Gasteiger partial charge in [-0.3, -0.25) is 9.69 Å². The lowest BCUT2D eigenvalue weighted by atomic mass is 10.1. The molecule has 1 atom stereocenters. The lowest BCUT2D eigenvalue weighted by Gasteiger charge is -2.31. The van der Waals surface area contributed by atoms with Gasteiger partial charge >= 0.3 is 6.61 Å². The van der Waals surface area contributed by atoms with Crippen LogP contribution in [0.3, 0.4) is 0 Å². The number of carbonyl (C=O) groups is 1. The van der Waals surface area contributed by atoms with Crippen molar-refractivity contribution in [1.29, 1.82) is 0 Å². The highest BCUT2D eigenvalue weighted by atomic mass is 19.3. The number of rotatable bonds is 7. The molecule has 0 unspecified atom stereocenters. The number of alkyl halides is 2. The predicted octanol–water partition coefficient (Wildman–Crippen LogP) is 3.09. The molecule has 1 heterocycles. The molecule has 0 aromatic heterocycles. The smallest absolute Gasteiger partial charge is 0.387 e. The van der Waals surface area contributed by atoms with Crippen LogP contribution >= 0.6 is 0 Å². The topological polar surface area (TPSA) is 50.8 Å². The molecule has 3 rings (SSSR count). The molecule has 2 aromatic rings. The van der Waals surface area contributed by atoms with Crippen LogP contribution in [0.1, 0.15) is 22.0 Å². The van der Waals surface area contributed by atoms with Gasteiger partial charge < -0.3 is 14.8 Å². The summed E-state index contributed by atoms with van der Waals surface area (Å²) in [5.41, 5.74) is 1.40. The number of hydrogen-bond acceptors (Lipinski definition) is 4. The van der Waals surface area contributed by atoms with E-state index < -0.39 is 6.61 Å². The van der Waals surface area contributed by atoms with Gasteiger partial charge in [0, 0.05) is 25.2 Å². The number of carbonyl (C=O) groups excluding carboxylic acids is 1.